The number of carboxylic acids is 1. The lowest BCUT2D eigenvalue weighted by Crippen LogP contribution is -2.42. The highest BCUT2D eigenvalue weighted by atomic mass is 35.5. The Morgan fingerprint density at radius 1 is 0.969 bits per heavy atom. The molecule has 0 radical (unpaired) electrons. The van der Waals surface area contributed by atoms with Crippen LogP contribution in [0, 0.1) is 0 Å². The topological polar surface area (TPSA) is 96.6 Å². The van der Waals surface area contributed by atoms with Crippen LogP contribution in [0.3, 0.4) is 0 Å². The molecule has 1 aromatic heterocycles. The molecule has 4 rings (SSSR count). The van der Waals surface area contributed by atoms with Crippen LogP contribution < -0.4 is 10.9 Å². The van der Waals surface area contributed by atoms with E-state index in [-0.39, 0.29) is 12.0 Å². The van der Waals surface area contributed by atoms with E-state index in [1.54, 1.807) is 60.7 Å². The predicted octanol–water partition coefficient (Wildman–Crippen LogP) is 4.54. The molecule has 0 fully saturated rings. The number of carbonyl (C=O) groups excluding carboxylic acids is 1. The van der Waals surface area contributed by atoms with Gasteiger partial charge in [-0.1, -0.05) is 54.1 Å². The van der Waals surface area contributed by atoms with E-state index in [4.69, 9.17) is 16.0 Å². The number of halogens is 1. The molecule has 160 valence electrons. The molecule has 6 nitrogen and oxygen atoms in total. The van der Waals surface area contributed by atoms with Crippen molar-refractivity contribution in [1.82, 2.24) is 5.32 Å². The molecule has 3 aromatic carbocycles. The monoisotopic (exact) mass is 447 g/mol. The fourth-order valence-corrected chi connectivity index (χ4v) is 3.51. The summed E-state index contributed by atoms with van der Waals surface area (Å²) in [5.74, 6) is -1.71. The van der Waals surface area contributed by atoms with Crippen molar-refractivity contribution in [3.05, 3.63) is 105 Å². The zero-order valence-electron chi connectivity index (χ0n) is 16.7. The van der Waals surface area contributed by atoms with E-state index in [1.807, 2.05) is 12.1 Å². The summed E-state index contributed by atoms with van der Waals surface area (Å²) in [5.41, 5.74) is 1.73. The van der Waals surface area contributed by atoms with Crippen molar-refractivity contribution in [3.8, 4) is 11.1 Å². The molecule has 1 heterocycles. The third-order valence-electron chi connectivity index (χ3n) is 5.03. The Kier molecular flexibility index (Phi) is 6.05. The number of fused-ring (bicyclic) bond motifs is 1. The summed E-state index contributed by atoms with van der Waals surface area (Å²) in [7, 11) is 0. The summed E-state index contributed by atoms with van der Waals surface area (Å²) in [6, 6.07) is 20.9. The average molecular weight is 448 g/mol. The highest BCUT2D eigenvalue weighted by Crippen LogP contribution is 2.22. The van der Waals surface area contributed by atoms with E-state index in [0.29, 0.717) is 21.7 Å². The Labute approximate surface area is 188 Å². The van der Waals surface area contributed by atoms with E-state index < -0.39 is 23.5 Å². The highest BCUT2D eigenvalue weighted by Gasteiger charge is 2.21. The van der Waals surface area contributed by atoms with Crippen LogP contribution in [0.4, 0.5) is 0 Å². The maximum Gasteiger partial charge on any atom is 0.344 e. The van der Waals surface area contributed by atoms with E-state index in [2.05, 4.69) is 5.32 Å². The van der Waals surface area contributed by atoms with Crippen LogP contribution in [0.25, 0.3) is 22.1 Å². The maximum absolute atomic E-state index is 12.8. The molecule has 2 N–H and O–H groups in total. The molecule has 32 heavy (non-hydrogen) atoms. The number of carbonyl (C=O) groups is 2. The summed E-state index contributed by atoms with van der Waals surface area (Å²) in [6.45, 7) is 0. The number of rotatable bonds is 6. The summed E-state index contributed by atoms with van der Waals surface area (Å²) in [5, 5.41) is 13.4. The molecular formula is C25H18ClNO5. The summed E-state index contributed by atoms with van der Waals surface area (Å²) < 4.78 is 5.38. The van der Waals surface area contributed by atoms with E-state index in [0.717, 1.165) is 10.9 Å². The lowest BCUT2D eigenvalue weighted by Gasteiger charge is -2.15. The Morgan fingerprint density at radius 3 is 2.47 bits per heavy atom. The Bertz CT molecular complexity index is 1360. The largest absolute Gasteiger partial charge is 0.480 e. The van der Waals surface area contributed by atoms with Crippen LogP contribution in [-0.4, -0.2) is 23.0 Å². The molecule has 0 unspecified atom stereocenters. The van der Waals surface area contributed by atoms with Crippen LogP contribution in [0.15, 0.2) is 88.1 Å². The molecule has 4 aromatic rings. The second kappa shape index (κ2) is 9.08. The fourth-order valence-electron chi connectivity index (χ4n) is 3.39. The molecule has 7 heteroatoms. The number of hydrogen-bond acceptors (Lipinski definition) is 4. The van der Waals surface area contributed by atoms with Crippen LogP contribution in [0.5, 0.6) is 0 Å². The molecule has 0 spiro atoms. The first-order chi connectivity index (χ1) is 15.4. The van der Waals surface area contributed by atoms with Gasteiger partial charge in [0, 0.05) is 22.4 Å². The Morgan fingerprint density at radius 2 is 1.72 bits per heavy atom. The van der Waals surface area contributed by atoms with Gasteiger partial charge in [-0.25, -0.2) is 9.59 Å². The lowest BCUT2D eigenvalue weighted by atomic mass is 10.0. The zero-order valence-corrected chi connectivity index (χ0v) is 17.5. The molecule has 0 saturated carbocycles. The first-order valence-corrected chi connectivity index (χ1v) is 10.2. The van der Waals surface area contributed by atoms with Crippen molar-refractivity contribution < 1.29 is 19.1 Å². The second-order valence-electron chi connectivity index (χ2n) is 7.26. The third-order valence-corrected chi connectivity index (χ3v) is 5.29. The first kappa shape index (κ1) is 21.3. The van der Waals surface area contributed by atoms with Crippen molar-refractivity contribution in [3.63, 3.8) is 0 Å². The number of nitrogens with one attached hydrogen (secondary N) is 1. The van der Waals surface area contributed by atoms with E-state index in [1.165, 1.54) is 6.07 Å². The van der Waals surface area contributed by atoms with Gasteiger partial charge in [0.15, 0.2) is 0 Å². The van der Waals surface area contributed by atoms with Crippen LogP contribution in [0.2, 0.25) is 5.02 Å². The molecule has 0 aliphatic heterocycles. The number of benzene rings is 3. The normalized spacial score (nSPS) is 11.8. The van der Waals surface area contributed by atoms with E-state index in [9.17, 15) is 19.5 Å². The highest BCUT2D eigenvalue weighted by molar-refractivity contribution is 6.30. The van der Waals surface area contributed by atoms with Gasteiger partial charge in [-0.15, -0.1) is 0 Å². The molecular weight excluding hydrogens is 430 g/mol. The van der Waals surface area contributed by atoms with Crippen molar-refractivity contribution in [2.45, 2.75) is 12.5 Å². The lowest BCUT2D eigenvalue weighted by molar-refractivity contribution is -0.139. The van der Waals surface area contributed by atoms with Gasteiger partial charge in [0.2, 0.25) is 0 Å². The van der Waals surface area contributed by atoms with Gasteiger partial charge >= 0.3 is 11.6 Å². The van der Waals surface area contributed by atoms with Gasteiger partial charge in [-0.05, 0) is 47.5 Å². The minimum atomic E-state index is -1.15. The van der Waals surface area contributed by atoms with E-state index >= 15 is 0 Å². The van der Waals surface area contributed by atoms with Gasteiger partial charge in [-0.3, -0.25) is 4.79 Å². The van der Waals surface area contributed by atoms with Crippen molar-refractivity contribution >= 4 is 34.4 Å². The number of amides is 1. The van der Waals surface area contributed by atoms with Crippen LogP contribution >= 0.6 is 11.6 Å². The second-order valence-corrected chi connectivity index (χ2v) is 7.70. The van der Waals surface area contributed by atoms with Crippen LogP contribution in [-0.2, 0) is 11.2 Å². The maximum atomic E-state index is 12.8. The van der Waals surface area contributed by atoms with Crippen molar-refractivity contribution in [1.29, 1.82) is 0 Å². The molecule has 1 amide bonds. The van der Waals surface area contributed by atoms with Crippen molar-refractivity contribution in [2.75, 3.05) is 0 Å². The molecule has 0 aliphatic rings. The quantitative estimate of drug-likeness (QED) is 0.423. The molecule has 0 aliphatic carbocycles. The molecule has 1 atom stereocenters. The summed E-state index contributed by atoms with van der Waals surface area (Å²) in [4.78, 5) is 36.9. The minimum absolute atomic E-state index is 0.103. The molecule has 0 saturated heterocycles. The SMILES string of the molecule is O=C(N[C@@H](Cc1ccc(Cl)cc1)C(=O)O)c1cccc(-c2cc3ccccc3oc2=O)c1. The van der Waals surface area contributed by atoms with Gasteiger partial charge in [0.1, 0.15) is 11.6 Å². The van der Waals surface area contributed by atoms with Gasteiger partial charge < -0.3 is 14.8 Å². The zero-order chi connectivity index (χ0) is 22.7. The number of para-hydroxylation sites is 1. The number of hydrogen-bond donors (Lipinski definition) is 2. The average Bonchev–Trinajstić information content (AvgIpc) is 2.79. The van der Waals surface area contributed by atoms with Gasteiger partial charge in [0.25, 0.3) is 5.91 Å². The standard InChI is InChI=1S/C25H18ClNO5/c26-19-10-8-15(9-11-19)12-21(24(29)30)27-23(28)18-6-3-5-16(13-18)20-14-17-4-1-2-7-22(17)32-25(20)31/h1-11,13-14,21H,12H2,(H,27,28)(H,29,30)/t21-/m0/s1. The number of aliphatic carboxylic acids is 1. The first-order valence-electron chi connectivity index (χ1n) is 9.82. The minimum Gasteiger partial charge on any atom is -0.480 e. The fraction of sp³-hybridized carbons (Fsp3) is 0.0800. The summed E-state index contributed by atoms with van der Waals surface area (Å²) in [6.07, 6.45) is 0.103. The number of carboxylic acid groups (broad SMARTS) is 1. The Balaban J connectivity index is 1.59. The van der Waals surface area contributed by atoms with Crippen LogP contribution in [0.1, 0.15) is 15.9 Å². The van der Waals surface area contributed by atoms with Crippen molar-refractivity contribution in [2.24, 2.45) is 0 Å². The van der Waals surface area contributed by atoms with Gasteiger partial charge in [0.05, 0.1) is 5.56 Å². The molecule has 0 bridgehead atoms. The third kappa shape index (κ3) is 4.71. The van der Waals surface area contributed by atoms with Gasteiger partial charge in [-0.2, -0.15) is 0 Å². The summed E-state index contributed by atoms with van der Waals surface area (Å²) >= 11 is 5.87. The smallest absolute Gasteiger partial charge is 0.344 e. The Hall–Kier alpha value is -3.90. The predicted molar refractivity (Wildman–Crippen MR) is 122 cm³/mol.